The number of carbonyl (C=O) groups is 1. The lowest BCUT2D eigenvalue weighted by atomic mass is 10.0. The molecule has 0 bridgehead atoms. The van der Waals surface area contributed by atoms with Gasteiger partial charge in [0.2, 0.25) is 0 Å². The predicted octanol–water partition coefficient (Wildman–Crippen LogP) is 3.73. The number of halogens is 6. The number of aromatic nitrogens is 2. The maximum Gasteiger partial charge on any atom is 0.416 e. The quantitative estimate of drug-likeness (QED) is 0.626. The molecule has 4 nitrogen and oxygen atoms in total. The van der Waals surface area contributed by atoms with Crippen LogP contribution in [0.25, 0.3) is 11.1 Å². The molecule has 0 N–H and O–H groups in total. The summed E-state index contributed by atoms with van der Waals surface area (Å²) in [5.74, 6) is -0.898. The van der Waals surface area contributed by atoms with Crippen molar-refractivity contribution in [3.8, 4) is 11.1 Å². The van der Waals surface area contributed by atoms with Gasteiger partial charge in [0, 0.05) is 11.6 Å². The van der Waals surface area contributed by atoms with Gasteiger partial charge < -0.3 is 4.84 Å². The fourth-order valence-electron chi connectivity index (χ4n) is 1.75. The van der Waals surface area contributed by atoms with Crippen molar-refractivity contribution in [2.75, 3.05) is 0 Å². The number of benzene rings is 1. The van der Waals surface area contributed by atoms with Crippen molar-refractivity contribution >= 4 is 5.97 Å². The minimum Gasteiger partial charge on any atom is -0.315 e. The Balaban J connectivity index is 2.50. The minimum absolute atomic E-state index is 0.0195. The van der Waals surface area contributed by atoms with Crippen LogP contribution in [0.5, 0.6) is 0 Å². The maximum atomic E-state index is 12.8. The van der Waals surface area contributed by atoms with Crippen LogP contribution < -0.4 is 4.84 Å². The van der Waals surface area contributed by atoms with Crippen molar-refractivity contribution in [1.82, 2.24) is 9.94 Å². The highest BCUT2D eigenvalue weighted by Gasteiger charge is 2.37. The van der Waals surface area contributed by atoms with Crippen molar-refractivity contribution in [3.05, 3.63) is 54.4 Å². The highest BCUT2D eigenvalue weighted by Crippen LogP contribution is 2.38. The van der Waals surface area contributed by atoms with Crippen molar-refractivity contribution in [1.29, 1.82) is 0 Å². The third kappa shape index (κ3) is 3.94. The van der Waals surface area contributed by atoms with E-state index in [1.165, 1.54) is 0 Å². The van der Waals surface area contributed by atoms with Crippen LogP contribution in [0.2, 0.25) is 0 Å². The third-order valence-electron chi connectivity index (χ3n) is 2.83. The zero-order valence-corrected chi connectivity index (χ0v) is 11.6. The van der Waals surface area contributed by atoms with Gasteiger partial charge in [-0.25, -0.2) is 4.79 Å². The maximum absolute atomic E-state index is 12.8. The molecule has 0 aliphatic heterocycles. The van der Waals surface area contributed by atoms with E-state index in [4.69, 9.17) is 0 Å². The lowest BCUT2D eigenvalue weighted by Crippen LogP contribution is -2.17. The van der Waals surface area contributed by atoms with Gasteiger partial charge in [-0.3, -0.25) is 0 Å². The van der Waals surface area contributed by atoms with E-state index in [1.54, 1.807) is 0 Å². The number of alkyl halides is 6. The predicted molar refractivity (Wildman–Crippen MR) is 69.5 cm³/mol. The number of nitrogens with zero attached hydrogens (tertiary/aromatic N) is 2. The Morgan fingerprint density at radius 1 is 1.04 bits per heavy atom. The van der Waals surface area contributed by atoms with Crippen LogP contribution in [0, 0.1) is 0 Å². The van der Waals surface area contributed by atoms with Gasteiger partial charge in [0.25, 0.3) is 0 Å². The Labute approximate surface area is 130 Å². The molecule has 0 spiro atoms. The molecule has 1 heterocycles. The van der Waals surface area contributed by atoms with E-state index < -0.39 is 29.4 Å². The topological polar surface area (TPSA) is 44.1 Å². The van der Waals surface area contributed by atoms with E-state index in [-0.39, 0.29) is 17.2 Å². The second-order valence-corrected chi connectivity index (χ2v) is 4.54. The van der Waals surface area contributed by atoms with Crippen LogP contribution in [0.15, 0.2) is 43.2 Å². The van der Waals surface area contributed by atoms with Crippen LogP contribution in [-0.2, 0) is 17.1 Å². The van der Waals surface area contributed by atoms with Gasteiger partial charge in [-0.05, 0) is 23.8 Å². The molecule has 0 saturated carbocycles. The molecule has 0 fully saturated rings. The lowest BCUT2D eigenvalue weighted by Gasteiger charge is -2.13. The molecular formula is C14H8F6N2O2. The number of rotatable bonds is 3. The van der Waals surface area contributed by atoms with Gasteiger partial charge in [0.05, 0.1) is 23.5 Å². The molecule has 128 valence electrons. The van der Waals surface area contributed by atoms with Gasteiger partial charge >= 0.3 is 18.3 Å². The molecule has 1 aromatic heterocycles. The summed E-state index contributed by atoms with van der Waals surface area (Å²) >= 11 is 0. The first-order valence-electron chi connectivity index (χ1n) is 6.20. The largest absolute Gasteiger partial charge is 0.416 e. The van der Waals surface area contributed by atoms with Crippen molar-refractivity contribution < 1.29 is 36.0 Å². The fourth-order valence-corrected chi connectivity index (χ4v) is 1.75. The first-order chi connectivity index (χ1) is 11.0. The zero-order valence-electron chi connectivity index (χ0n) is 11.6. The first kappa shape index (κ1) is 17.6. The van der Waals surface area contributed by atoms with E-state index in [0.717, 1.165) is 18.5 Å². The average molecular weight is 350 g/mol. The smallest absolute Gasteiger partial charge is 0.315 e. The van der Waals surface area contributed by atoms with Gasteiger partial charge in [-0.2, -0.15) is 26.3 Å². The molecule has 0 atom stereocenters. The molecule has 0 amide bonds. The van der Waals surface area contributed by atoms with Gasteiger partial charge in [0.1, 0.15) is 0 Å². The van der Waals surface area contributed by atoms with E-state index in [1.807, 2.05) is 0 Å². The van der Waals surface area contributed by atoms with Crippen molar-refractivity contribution in [2.45, 2.75) is 12.4 Å². The van der Waals surface area contributed by atoms with Crippen LogP contribution in [0.1, 0.15) is 11.1 Å². The molecule has 10 heteroatoms. The molecule has 2 rings (SSSR count). The Bertz CT molecular complexity index is 744. The molecule has 2 aromatic rings. The summed E-state index contributed by atoms with van der Waals surface area (Å²) in [7, 11) is 0. The fraction of sp³-hybridized carbons (Fsp3) is 0.143. The van der Waals surface area contributed by atoms with Crippen molar-refractivity contribution in [2.24, 2.45) is 0 Å². The normalized spacial score (nSPS) is 12.1. The Morgan fingerprint density at radius 3 is 2.04 bits per heavy atom. The zero-order chi connectivity index (χ0) is 18.1. The molecule has 0 saturated heterocycles. The first-order valence-corrected chi connectivity index (χ1v) is 6.20. The van der Waals surface area contributed by atoms with Crippen LogP contribution >= 0.6 is 0 Å². The van der Waals surface area contributed by atoms with Crippen LogP contribution in [0.4, 0.5) is 26.3 Å². The molecule has 1 aromatic carbocycles. The monoisotopic (exact) mass is 350 g/mol. The molecule has 0 unspecified atom stereocenters. The van der Waals surface area contributed by atoms with E-state index in [2.05, 4.69) is 16.5 Å². The molecule has 0 aliphatic carbocycles. The van der Waals surface area contributed by atoms with E-state index >= 15 is 0 Å². The Morgan fingerprint density at radius 2 is 1.58 bits per heavy atom. The average Bonchev–Trinajstić information content (AvgIpc) is 2.93. The molecular weight excluding hydrogens is 342 g/mol. The van der Waals surface area contributed by atoms with E-state index in [9.17, 15) is 31.1 Å². The second kappa shape index (κ2) is 6.02. The summed E-state index contributed by atoms with van der Waals surface area (Å²) in [6, 6.07) is 1.11. The number of hydrogen-bond donors (Lipinski definition) is 0. The van der Waals surface area contributed by atoms with Crippen LogP contribution in [-0.4, -0.2) is 15.9 Å². The van der Waals surface area contributed by atoms with Gasteiger partial charge in [-0.1, -0.05) is 11.4 Å². The summed E-state index contributed by atoms with van der Waals surface area (Å²) in [6.07, 6.45) is -7.17. The molecule has 0 radical (unpaired) electrons. The van der Waals surface area contributed by atoms with Crippen molar-refractivity contribution in [3.63, 3.8) is 0 Å². The summed E-state index contributed by atoms with van der Waals surface area (Å²) in [5, 5.41) is 3.53. The molecule has 0 aliphatic rings. The third-order valence-corrected chi connectivity index (χ3v) is 2.83. The summed E-state index contributed by atoms with van der Waals surface area (Å²) in [6.45, 7) is 3.13. The summed E-state index contributed by atoms with van der Waals surface area (Å²) in [4.78, 5) is 16.2. The Kier molecular flexibility index (Phi) is 4.41. The van der Waals surface area contributed by atoms with E-state index in [0.29, 0.717) is 17.0 Å². The SMILES string of the molecule is C=CC(=O)On1cc(-c2cc(C(F)(F)F)cc(C(F)(F)F)c2)cn1. The summed E-state index contributed by atoms with van der Waals surface area (Å²) < 4.78 is 76.8. The molecule has 24 heavy (non-hydrogen) atoms. The van der Waals surface area contributed by atoms with Gasteiger partial charge in [-0.15, -0.1) is 5.10 Å². The lowest BCUT2D eigenvalue weighted by molar-refractivity contribution is -0.143. The highest BCUT2D eigenvalue weighted by atomic mass is 19.4. The second-order valence-electron chi connectivity index (χ2n) is 4.54. The van der Waals surface area contributed by atoms with Crippen LogP contribution in [0.3, 0.4) is 0 Å². The van der Waals surface area contributed by atoms with Gasteiger partial charge in [0.15, 0.2) is 0 Å². The summed E-state index contributed by atoms with van der Waals surface area (Å²) in [5.41, 5.74) is -3.38. The Hall–Kier alpha value is -2.78. The highest BCUT2D eigenvalue weighted by molar-refractivity contribution is 5.81. The number of carbonyl (C=O) groups excluding carboxylic acids is 1. The minimum atomic E-state index is -4.96. The standard InChI is InChI=1S/C14H8F6N2O2/c1-2-12(23)24-22-7-9(6-21-22)8-3-10(13(15,16)17)5-11(4-8)14(18,19)20/h2-7H,1H2. The number of hydrogen-bond acceptors (Lipinski definition) is 3.